The first-order valence-corrected chi connectivity index (χ1v) is 7.29. The maximum Gasteiger partial charge on any atom is 0.241 e. The molecule has 0 unspecified atom stereocenters. The highest BCUT2D eigenvalue weighted by Gasteiger charge is 2.15. The highest BCUT2D eigenvalue weighted by molar-refractivity contribution is 7.98. The van der Waals surface area contributed by atoms with Gasteiger partial charge in [0, 0.05) is 6.07 Å². The number of carbonyl (C=O) groups is 1. The van der Waals surface area contributed by atoms with E-state index in [1.165, 1.54) is 7.11 Å². The Hall–Kier alpha value is -1.40. The third-order valence-corrected chi connectivity index (χ3v) is 3.28. The van der Waals surface area contributed by atoms with Crippen LogP contribution in [0.2, 0.25) is 0 Å². The minimum Gasteiger partial charge on any atom is -0.497 e. The first-order valence-electron chi connectivity index (χ1n) is 5.89. The van der Waals surface area contributed by atoms with E-state index in [-0.39, 0.29) is 5.91 Å². The van der Waals surface area contributed by atoms with E-state index in [1.807, 2.05) is 6.26 Å². The van der Waals surface area contributed by atoms with Crippen molar-refractivity contribution in [2.75, 3.05) is 31.5 Å². The van der Waals surface area contributed by atoms with Gasteiger partial charge in [-0.2, -0.15) is 11.8 Å². The molecule has 0 bridgehead atoms. The number of amides is 1. The average Bonchev–Trinajstić information content (AvgIpc) is 2.44. The Labute approximate surface area is 117 Å². The Morgan fingerprint density at radius 3 is 2.74 bits per heavy atom. The molecule has 3 N–H and O–H groups in total. The summed E-state index contributed by atoms with van der Waals surface area (Å²) in [6.45, 7) is 0. The van der Waals surface area contributed by atoms with Crippen LogP contribution in [0.1, 0.15) is 6.42 Å². The van der Waals surface area contributed by atoms with Gasteiger partial charge < -0.3 is 20.5 Å². The number of rotatable bonds is 7. The molecule has 1 aromatic carbocycles. The lowest BCUT2D eigenvalue weighted by atomic mass is 10.2. The number of carbonyl (C=O) groups excluding carboxylic acids is 1. The molecule has 0 aromatic heterocycles. The zero-order valence-electron chi connectivity index (χ0n) is 11.4. The van der Waals surface area contributed by atoms with Gasteiger partial charge in [0.2, 0.25) is 5.91 Å². The van der Waals surface area contributed by atoms with Gasteiger partial charge in [-0.1, -0.05) is 0 Å². The third-order valence-electron chi connectivity index (χ3n) is 2.64. The lowest BCUT2D eigenvalue weighted by Gasteiger charge is -2.14. The third kappa shape index (κ3) is 4.65. The number of thioether (sulfide) groups is 1. The van der Waals surface area contributed by atoms with Gasteiger partial charge in [0.1, 0.15) is 11.5 Å². The van der Waals surface area contributed by atoms with Gasteiger partial charge in [-0.3, -0.25) is 4.79 Å². The molecule has 0 saturated carbocycles. The second-order valence-corrected chi connectivity index (χ2v) is 4.93. The molecule has 0 spiro atoms. The highest BCUT2D eigenvalue weighted by atomic mass is 32.2. The SMILES string of the molecule is COc1ccc(NC(=O)[C@H](N)CCSC)c(OC)c1. The standard InChI is InChI=1S/C13H20N2O3S/c1-17-9-4-5-11(12(8-9)18-2)15-13(16)10(14)6-7-19-3/h4-5,8,10H,6-7,14H2,1-3H3,(H,15,16)/t10-/m1/s1. The molecular weight excluding hydrogens is 264 g/mol. The summed E-state index contributed by atoms with van der Waals surface area (Å²) in [5.74, 6) is 1.86. The largest absolute Gasteiger partial charge is 0.497 e. The van der Waals surface area contributed by atoms with E-state index in [9.17, 15) is 4.79 Å². The summed E-state index contributed by atoms with van der Waals surface area (Å²) >= 11 is 1.67. The zero-order valence-corrected chi connectivity index (χ0v) is 12.3. The van der Waals surface area contributed by atoms with Crippen LogP contribution in [0.4, 0.5) is 5.69 Å². The summed E-state index contributed by atoms with van der Waals surface area (Å²) < 4.78 is 10.3. The lowest BCUT2D eigenvalue weighted by molar-refractivity contribution is -0.117. The Morgan fingerprint density at radius 2 is 2.16 bits per heavy atom. The zero-order chi connectivity index (χ0) is 14.3. The molecule has 1 atom stereocenters. The van der Waals surface area contributed by atoms with E-state index in [2.05, 4.69) is 5.32 Å². The maximum atomic E-state index is 11.9. The topological polar surface area (TPSA) is 73.6 Å². The first kappa shape index (κ1) is 15.7. The lowest BCUT2D eigenvalue weighted by Crippen LogP contribution is -2.36. The Bertz CT molecular complexity index is 426. The highest BCUT2D eigenvalue weighted by Crippen LogP contribution is 2.29. The monoisotopic (exact) mass is 284 g/mol. The van der Waals surface area contributed by atoms with Crippen molar-refractivity contribution in [2.45, 2.75) is 12.5 Å². The molecule has 0 aliphatic heterocycles. The van der Waals surface area contributed by atoms with E-state index in [1.54, 1.807) is 37.1 Å². The summed E-state index contributed by atoms with van der Waals surface area (Å²) in [5.41, 5.74) is 6.40. The predicted octanol–water partition coefficient (Wildman–Crippen LogP) is 1.72. The molecule has 6 heteroatoms. The van der Waals surface area contributed by atoms with Crippen LogP contribution in [0.25, 0.3) is 0 Å². The van der Waals surface area contributed by atoms with Crippen LogP contribution in [0, 0.1) is 0 Å². The van der Waals surface area contributed by atoms with Crippen molar-refractivity contribution >= 4 is 23.4 Å². The number of benzene rings is 1. The number of hydrogen-bond acceptors (Lipinski definition) is 5. The minimum absolute atomic E-state index is 0.211. The maximum absolute atomic E-state index is 11.9. The molecule has 0 aliphatic carbocycles. The minimum atomic E-state index is -0.515. The van der Waals surface area contributed by atoms with Gasteiger partial charge in [-0.05, 0) is 30.6 Å². The first-order chi connectivity index (χ1) is 9.12. The van der Waals surface area contributed by atoms with E-state index >= 15 is 0 Å². The van der Waals surface area contributed by atoms with Gasteiger partial charge in [0.25, 0.3) is 0 Å². The van der Waals surface area contributed by atoms with Crippen molar-refractivity contribution < 1.29 is 14.3 Å². The summed E-state index contributed by atoms with van der Waals surface area (Å²) in [4.78, 5) is 11.9. The van der Waals surface area contributed by atoms with Gasteiger partial charge in [-0.15, -0.1) is 0 Å². The van der Waals surface area contributed by atoms with Gasteiger partial charge in [-0.25, -0.2) is 0 Å². The van der Waals surface area contributed by atoms with E-state index in [0.29, 0.717) is 23.6 Å². The number of methoxy groups -OCH3 is 2. The van der Waals surface area contributed by atoms with Crippen molar-refractivity contribution in [1.82, 2.24) is 0 Å². The predicted molar refractivity (Wildman–Crippen MR) is 79.2 cm³/mol. The summed E-state index contributed by atoms with van der Waals surface area (Å²) in [7, 11) is 3.11. The van der Waals surface area contributed by atoms with E-state index in [0.717, 1.165) is 5.75 Å². The van der Waals surface area contributed by atoms with Crippen molar-refractivity contribution in [3.8, 4) is 11.5 Å². The molecule has 0 saturated heterocycles. The van der Waals surface area contributed by atoms with Crippen molar-refractivity contribution in [3.63, 3.8) is 0 Å². The number of nitrogens with one attached hydrogen (secondary N) is 1. The fourth-order valence-electron chi connectivity index (χ4n) is 1.50. The molecule has 106 valence electrons. The fourth-order valence-corrected chi connectivity index (χ4v) is 1.99. The van der Waals surface area contributed by atoms with Crippen LogP contribution >= 0.6 is 11.8 Å². The Balaban J connectivity index is 2.73. The smallest absolute Gasteiger partial charge is 0.241 e. The van der Waals surface area contributed by atoms with Crippen LogP contribution in [0.3, 0.4) is 0 Å². The molecule has 0 radical (unpaired) electrons. The molecule has 0 aliphatic rings. The second-order valence-electron chi connectivity index (χ2n) is 3.94. The van der Waals surface area contributed by atoms with E-state index in [4.69, 9.17) is 15.2 Å². The Morgan fingerprint density at radius 1 is 1.42 bits per heavy atom. The second kappa shape index (κ2) is 7.91. The molecule has 5 nitrogen and oxygen atoms in total. The van der Waals surface area contributed by atoms with Gasteiger partial charge >= 0.3 is 0 Å². The molecular formula is C13H20N2O3S. The Kier molecular flexibility index (Phi) is 6.52. The number of ether oxygens (including phenoxy) is 2. The molecule has 1 amide bonds. The summed E-state index contributed by atoms with van der Waals surface area (Å²) in [6.07, 6.45) is 2.63. The molecule has 1 aromatic rings. The van der Waals surface area contributed by atoms with Crippen molar-refractivity contribution in [2.24, 2.45) is 5.73 Å². The fraction of sp³-hybridized carbons (Fsp3) is 0.462. The molecule has 0 fully saturated rings. The van der Waals surface area contributed by atoms with Crippen LogP contribution in [0.15, 0.2) is 18.2 Å². The van der Waals surface area contributed by atoms with Crippen LogP contribution in [-0.2, 0) is 4.79 Å². The summed E-state index contributed by atoms with van der Waals surface area (Å²) in [5, 5.41) is 2.77. The van der Waals surface area contributed by atoms with Gasteiger partial charge in [0.15, 0.2) is 0 Å². The molecule has 19 heavy (non-hydrogen) atoms. The van der Waals surface area contributed by atoms with Crippen LogP contribution in [0.5, 0.6) is 11.5 Å². The van der Waals surface area contributed by atoms with Gasteiger partial charge in [0.05, 0.1) is 25.9 Å². The number of anilines is 1. The summed E-state index contributed by atoms with van der Waals surface area (Å²) in [6, 6.07) is 4.69. The van der Waals surface area contributed by atoms with Crippen LogP contribution in [-0.4, -0.2) is 38.2 Å². The van der Waals surface area contributed by atoms with Crippen molar-refractivity contribution in [3.05, 3.63) is 18.2 Å². The molecule has 1 rings (SSSR count). The normalized spacial score (nSPS) is 11.8. The number of hydrogen-bond donors (Lipinski definition) is 2. The average molecular weight is 284 g/mol. The van der Waals surface area contributed by atoms with E-state index < -0.39 is 6.04 Å². The molecule has 0 heterocycles. The van der Waals surface area contributed by atoms with Crippen molar-refractivity contribution in [1.29, 1.82) is 0 Å². The van der Waals surface area contributed by atoms with Crippen LogP contribution < -0.4 is 20.5 Å². The quantitative estimate of drug-likeness (QED) is 0.797. The number of nitrogens with two attached hydrogens (primary N) is 1.